The molecule has 0 spiro atoms. The maximum absolute atomic E-state index is 12.5. The van der Waals surface area contributed by atoms with Crippen molar-refractivity contribution in [3.8, 4) is 0 Å². The molecular weight excluding hydrogens is 647 g/mol. The molecule has 0 aromatic carbocycles. The Morgan fingerprint density at radius 1 is 0.612 bits per heavy atom. The summed E-state index contributed by atoms with van der Waals surface area (Å²) in [4.78, 5) is 34.8. The molecule has 0 radical (unpaired) electrons. The van der Waals surface area contributed by atoms with Gasteiger partial charge in [0, 0.05) is 12.8 Å². The summed E-state index contributed by atoms with van der Waals surface area (Å²) >= 11 is 0. The third-order valence-corrected chi connectivity index (χ3v) is 8.72. The Kier molecular flexibility index (Phi) is 33.4. The lowest BCUT2D eigenvalue weighted by Crippen LogP contribution is -2.29. The second-order valence-corrected chi connectivity index (χ2v) is 14.0. The fraction of sp³-hybridized carbons (Fsp3) is 0.789. The van der Waals surface area contributed by atoms with Gasteiger partial charge < -0.3 is 24.6 Å². The Labute approximate surface area is 297 Å². The fourth-order valence-corrected chi connectivity index (χ4v) is 5.56. The van der Waals surface area contributed by atoms with Crippen LogP contribution in [0.3, 0.4) is 0 Å². The molecule has 0 aromatic heterocycles. The predicted molar refractivity (Wildman–Crippen MR) is 196 cm³/mol. The highest BCUT2D eigenvalue weighted by molar-refractivity contribution is 7.47. The first-order valence-corrected chi connectivity index (χ1v) is 20.4. The molecular formula is C38H69O10P. The number of hydrogen-bond donors (Lipinski definition) is 3. The van der Waals surface area contributed by atoms with Gasteiger partial charge in [0.1, 0.15) is 12.7 Å². The van der Waals surface area contributed by atoms with Gasteiger partial charge in [-0.2, -0.15) is 0 Å². The van der Waals surface area contributed by atoms with E-state index in [-0.39, 0.29) is 19.4 Å². The van der Waals surface area contributed by atoms with Crippen molar-refractivity contribution in [2.45, 2.75) is 167 Å². The number of allylic oxidation sites excluding steroid dienone is 6. The van der Waals surface area contributed by atoms with Crippen LogP contribution in [0, 0.1) is 0 Å². The number of rotatable bonds is 35. The standard InChI is InChI=1S/C38H69O10P/c1-3-5-7-9-11-13-15-17-18-20-22-24-26-28-30-38(42)48-36(34-47-49(43,44)46-32-35(40)31-39)33-45-37(41)29-27-25-23-21-19-16-14-12-10-8-6-4-2/h9,11-12,14-15,17,35-36,39-40H,3-8,10,13,16,18-34H2,1-2H3,(H,43,44)/b11-9-,14-12-,17-15-/t35-,36+/m0/s1. The van der Waals surface area contributed by atoms with Gasteiger partial charge in [-0.25, -0.2) is 4.57 Å². The smallest absolute Gasteiger partial charge is 0.462 e. The molecule has 0 saturated heterocycles. The van der Waals surface area contributed by atoms with E-state index in [1.165, 1.54) is 32.1 Å². The van der Waals surface area contributed by atoms with Gasteiger partial charge in [-0.05, 0) is 64.2 Å². The lowest BCUT2D eigenvalue weighted by atomic mass is 10.1. The average molecular weight is 717 g/mol. The van der Waals surface area contributed by atoms with E-state index >= 15 is 0 Å². The molecule has 11 heteroatoms. The molecule has 49 heavy (non-hydrogen) atoms. The second kappa shape index (κ2) is 34.6. The highest BCUT2D eigenvalue weighted by atomic mass is 31.2. The lowest BCUT2D eigenvalue weighted by Gasteiger charge is -2.20. The van der Waals surface area contributed by atoms with Crippen LogP contribution in [0.1, 0.15) is 155 Å². The number of phosphoric ester groups is 1. The van der Waals surface area contributed by atoms with E-state index in [9.17, 15) is 24.2 Å². The summed E-state index contributed by atoms with van der Waals surface area (Å²) in [5.74, 6) is -0.955. The first kappa shape index (κ1) is 47.2. The number of phosphoric acid groups is 1. The Hall–Kier alpha value is -1.81. The van der Waals surface area contributed by atoms with Crippen molar-refractivity contribution in [2.75, 3.05) is 26.4 Å². The zero-order valence-electron chi connectivity index (χ0n) is 30.7. The van der Waals surface area contributed by atoms with E-state index in [2.05, 4.69) is 54.8 Å². The number of ether oxygens (including phenoxy) is 2. The van der Waals surface area contributed by atoms with Gasteiger partial charge in [-0.3, -0.25) is 18.6 Å². The molecule has 10 nitrogen and oxygen atoms in total. The molecule has 0 aromatic rings. The van der Waals surface area contributed by atoms with Crippen LogP contribution in [0.4, 0.5) is 0 Å². The summed E-state index contributed by atoms with van der Waals surface area (Å²) in [7, 11) is -4.61. The average Bonchev–Trinajstić information content (AvgIpc) is 3.09. The van der Waals surface area contributed by atoms with Crippen LogP contribution in [0.15, 0.2) is 36.5 Å². The van der Waals surface area contributed by atoms with E-state index in [1.54, 1.807) is 0 Å². The minimum absolute atomic E-state index is 0.166. The molecule has 0 aliphatic carbocycles. The maximum Gasteiger partial charge on any atom is 0.472 e. The van der Waals surface area contributed by atoms with Gasteiger partial charge in [0.15, 0.2) is 6.10 Å². The molecule has 1 unspecified atom stereocenters. The third kappa shape index (κ3) is 34.4. The fourth-order valence-electron chi connectivity index (χ4n) is 4.77. The zero-order valence-corrected chi connectivity index (χ0v) is 31.5. The van der Waals surface area contributed by atoms with Crippen molar-refractivity contribution in [1.29, 1.82) is 0 Å². The van der Waals surface area contributed by atoms with Crippen LogP contribution in [0.2, 0.25) is 0 Å². The molecule has 0 aliphatic rings. The van der Waals surface area contributed by atoms with Crippen LogP contribution < -0.4 is 0 Å². The molecule has 0 amide bonds. The zero-order chi connectivity index (χ0) is 36.3. The Morgan fingerprint density at radius 2 is 1.08 bits per heavy atom. The number of unbranched alkanes of at least 4 members (excludes halogenated alkanes) is 15. The number of hydrogen-bond acceptors (Lipinski definition) is 9. The molecule has 0 heterocycles. The molecule has 0 aliphatic heterocycles. The Balaban J connectivity index is 4.42. The van der Waals surface area contributed by atoms with Gasteiger partial charge in [0.2, 0.25) is 0 Å². The van der Waals surface area contributed by atoms with Crippen molar-refractivity contribution >= 4 is 19.8 Å². The van der Waals surface area contributed by atoms with E-state index in [0.717, 1.165) is 83.5 Å². The highest BCUT2D eigenvalue weighted by Gasteiger charge is 2.27. The van der Waals surface area contributed by atoms with Gasteiger partial charge in [0.25, 0.3) is 0 Å². The van der Waals surface area contributed by atoms with Crippen LogP contribution in [-0.2, 0) is 32.7 Å². The van der Waals surface area contributed by atoms with Gasteiger partial charge >= 0.3 is 19.8 Å². The van der Waals surface area contributed by atoms with Crippen molar-refractivity contribution in [2.24, 2.45) is 0 Å². The summed E-state index contributed by atoms with van der Waals surface area (Å²) in [6.45, 7) is 2.26. The van der Waals surface area contributed by atoms with Crippen LogP contribution in [-0.4, -0.2) is 65.7 Å². The Bertz CT molecular complexity index is 920. The number of esters is 2. The summed E-state index contributed by atoms with van der Waals surface area (Å²) < 4.78 is 32.5. The van der Waals surface area contributed by atoms with E-state index < -0.39 is 51.8 Å². The van der Waals surface area contributed by atoms with Crippen LogP contribution in [0.25, 0.3) is 0 Å². The minimum Gasteiger partial charge on any atom is -0.462 e. The molecule has 0 bridgehead atoms. The molecule has 0 saturated carbocycles. The van der Waals surface area contributed by atoms with Crippen LogP contribution in [0.5, 0.6) is 0 Å². The summed E-state index contributed by atoms with van der Waals surface area (Å²) in [6.07, 6.45) is 32.5. The summed E-state index contributed by atoms with van der Waals surface area (Å²) in [5.41, 5.74) is 0. The molecule has 0 rings (SSSR count). The number of carbonyl (C=O) groups excluding carboxylic acids is 2. The summed E-state index contributed by atoms with van der Waals surface area (Å²) in [6, 6.07) is 0. The first-order chi connectivity index (χ1) is 23.7. The van der Waals surface area contributed by atoms with Crippen molar-refractivity contribution in [3.05, 3.63) is 36.5 Å². The lowest BCUT2D eigenvalue weighted by molar-refractivity contribution is -0.161. The minimum atomic E-state index is -4.61. The highest BCUT2D eigenvalue weighted by Crippen LogP contribution is 2.43. The van der Waals surface area contributed by atoms with Gasteiger partial charge in [0.05, 0.1) is 19.8 Å². The van der Waals surface area contributed by atoms with Crippen molar-refractivity contribution < 1.29 is 47.8 Å². The first-order valence-electron chi connectivity index (χ1n) is 18.9. The molecule has 286 valence electrons. The maximum atomic E-state index is 12.5. The van der Waals surface area contributed by atoms with Gasteiger partial charge in [-0.15, -0.1) is 0 Å². The van der Waals surface area contributed by atoms with Crippen molar-refractivity contribution in [3.63, 3.8) is 0 Å². The topological polar surface area (TPSA) is 149 Å². The molecule has 3 N–H and O–H groups in total. The third-order valence-electron chi connectivity index (χ3n) is 7.77. The van der Waals surface area contributed by atoms with Crippen molar-refractivity contribution in [1.82, 2.24) is 0 Å². The van der Waals surface area contributed by atoms with E-state index in [1.807, 2.05) is 0 Å². The largest absolute Gasteiger partial charge is 0.472 e. The van der Waals surface area contributed by atoms with E-state index in [0.29, 0.717) is 12.8 Å². The monoisotopic (exact) mass is 716 g/mol. The Morgan fingerprint density at radius 3 is 1.65 bits per heavy atom. The van der Waals surface area contributed by atoms with E-state index in [4.69, 9.17) is 19.1 Å². The van der Waals surface area contributed by atoms with Gasteiger partial charge in [-0.1, -0.05) is 115 Å². The van der Waals surface area contributed by atoms with Crippen LogP contribution >= 0.6 is 7.82 Å². The molecule has 0 fully saturated rings. The second-order valence-electron chi connectivity index (χ2n) is 12.6. The predicted octanol–water partition coefficient (Wildman–Crippen LogP) is 9.22. The number of aliphatic hydroxyl groups excluding tert-OH is 2. The number of carbonyl (C=O) groups is 2. The number of aliphatic hydroxyl groups is 2. The summed E-state index contributed by atoms with van der Waals surface area (Å²) in [5, 5.41) is 18.3. The normalized spacial score (nSPS) is 14.5. The SMILES string of the molecule is CCCC/C=C\C/C=C\CCCCCCCC(=O)O[C@H](COC(=O)CCCCCCC/C=C\CCCCC)COP(=O)(O)OC[C@@H](O)CO. The quantitative estimate of drug-likeness (QED) is 0.0251. The molecule has 3 atom stereocenters.